The fourth-order valence-corrected chi connectivity index (χ4v) is 2.24. The predicted molar refractivity (Wildman–Crippen MR) is 81.3 cm³/mol. The van der Waals surface area contributed by atoms with Gasteiger partial charge in [-0.1, -0.05) is 36.4 Å². The van der Waals surface area contributed by atoms with E-state index in [0.717, 1.165) is 16.3 Å². The Balaban J connectivity index is 2.19. The highest BCUT2D eigenvalue weighted by Gasteiger charge is 2.13. The fraction of sp³-hybridized carbons (Fsp3) is 0.353. The Bertz CT molecular complexity index is 619. The molecule has 4 heteroatoms. The molecule has 0 saturated carbocycles. The first-order valence-electron chi connectivity index (χ1n) is 7.03. The van der Waals surface area contributed by atoms with Crippen molar-refractivity contribution < 1.29 is 19.4 Å². The molecule has 21 heavy (non-hydrogen) atoms. The molecule has 0 radical (unpaired) electrons. The molecule has 0 aliphatic rings. The molecular formula is C17H20O4. The molecule has 0 saturated heterocycles. The third-order valence-corrected chi connectivity index (χ3v) is 3.36. The smallest absolute Gasteiger partial charge is 0.305 e. The minimum Gasteiger partial charge on any atom is -0.493 e. The third kappa shape index (κ3) is 3.73. The second-order valence-corrected chi connectivity index (χ2v) is 4.91. The van der Waals surface area contributed by atoms with Crippen LogP contribution in [0, 0.1) is 0 Å². The van der Waals surface area contributed by atoms with Crippen molar-refractivity contribution in [1.29, 1.82) is 0 Å². The second-order valence-electron chi connectivity index (χ2n) is 4.91. The molecule has 0 spiro atoms. The molecule has 4 nitrogen and oxygen atoms in total. The molecule has 0 bridgehead atoms. The van der Waals surface area contributed by atoms with Crippen LogP contribution in [-0.2, 0) is 9.53 Å². The van der Waals surface area contributed by atoms with E-state index in [9.17, 15) is 9.90 Å². The van der Waals surface area contributed by atoms with Crippen LogP contribution in [0.4, 0.5) is 0 Å². The molecule has 0 heterocycles. The van der Waals surface area contributed by atoms with Gasteiger partial charge in [-0.05, 0) is 18.7 Å². The van der Waals surface area contributed by atoms with Gasteiger partial charge in [0.25, 0.3) is 0 Å². The van der Waals surface area contributed by atoms with Crippen LogP contribution in [0.5, 0.6) is 5.75 Å². The molecule has 1 N–H and O–H groups in total. The molecule has 2 rings (SSSR count). The van der Waals surface area contributed by atoms with E-state index in [-0.39, 0.29) is 5.97 Å². The second kappa shape index (κ2) is 7.09. The molecule has 0 amide bonds. The topological polar surface area (TPSA) is 55.8 Å². The molecular weight excluding hydrogens is 268 g/mol. The van der Waals surface area contributed by atoms with Gasteiger partial charge in [0.15, 0.2) is 0 Å². The molecule has 2 aromatic carbocycles. The normalized spacial score (nSPS) is 12.1. The maximum atomic E-state index is 11.1. The van der Waals surface area contributed by atoms with Gasteiger partial charge in [0.05, 0.1) is 19.8 Å². The minimum absolute atomic E-state index is 0.243. The number of rotatable bonds is 6. The van der Waals surface area contributed by atoms with Crippen molar-refractivity contribution in [3.05, 3.63) is 42.0 Å². The van der Waals surface area contributed by atoms with E-state index in [4.69, 9.17) is 4.74 Å². The number of hydrogen-bond donors (Lipinski definition) is 1. The molecule has 112 valence electrons. The van der Waals surface area contributed by atoms with Crippen molar-refractivity contribution in [2.75, 3.05) is 13.7 Å². The van der Waals surface area contributed by atoms with Gasteiger partial charge >= 0.3 is 5.97 Å². The number of hydrogen-bond acceptors (Lipinski definition) is 4. The van der Waals surface area contributed by atoms with Gasteiger partial charge < -0.3 is 14.6 Å². The minimum atomic E-state index is -0.606. The van der Waals surface area contributed by atoms with Gasteiger partial charge in [-0.25, -0.2) is 0 Å². The summed E-state index contributed by atoms with van der Waals surface area (Å²) in [7, 11) is 1.37. The van der Waals surface area contributed by atoms with Crippen LogP contribution >= 0.6 is 0 Å². The Kier molecular flexibility index (Phi) is 5.17. The van der Waals surface area contributed by atoms with Crippen LogP contribution in [0.25, 0.3) is 10.8 Å². The lowest BCUT2D eigenvalue weighted by atomic mass is 10.0. The molecule has 2 aromatic rings. The van der Waals surface area contributed by atoms with Gasteiger partial charge in [0.1, 0.15) is 5.75 Å². The van der Waals surface area contributed by atoms with Crippen LogP contribution in [0.3, 0.4) is 0 Å². The van der Waals surface area contributed by atoms with Gasteiger partial charge in [0.2, 0.25) is 0 Å². The van der Waals surface area contributed by atoms with E-state index in [1.54, 1.807) is 6.92 Å². The monoisotopic (exact) mass is 288 g/mol. The Morgan fingerprint density at radius 2 is 2.00 bits per heavy atom. The van der Waals surface area contributed by atoms with Crippen LogP contribution in [0.15, 0.2) is 36.4 Å². The number of aliphatic hydroxyl groups excluding tert-OH is 1. The zero-order chi connectivity index (χ0) is 15.2. The zero-order valence-electron chi connectivity index (χ0n) is 12.3. The van der Waals surface area contributed by atoms with Crippen LogP contribution in [0.1, 0.15) is 31.4 Å². The summed E-state index contributed by atoms with van der Waals surface area (Å²) in [5.74, 6) is 0.445. The highest BCUT2D eigenvalue weighted by atomic mass is 16.5. The van der Waals surface area contributed by atoms with Gasteiger partial charge in [-0.3, -0.25) is 4.79 Å². The summed E-state index contributed by atoms with van der Waals surface area (Å²) in [5.41, 5.74) is 0.756. The van der Waals surface area contributed by atoms with E-state index in [2.05, 4.69) is 4.74 Å². The van der Waals surface area contributed by atoms with E-state index >= 15 is 0 Å². The first-order chi connectivity index (χ1) is 10.1. The van der Waals surface area contributed by atoms with Crippen molar-refractivity contribution >= 4 is 16.7 Å². The number of carbonyl (C=O) groups excluding carboxylic acids is 1. The lowest BCUT2D eigenvalue weighted by Crippen LogP contribution is -2.06. The number of carbonyl (C=O) groups is 1. The number of fused-ring (bicyclic) bond motifs is 1. The highest BCUT2D eigenvalue weighted by molar-refractivity contribution is 5.89. The van der Waals surface area contributed by atoms with Crippen LogP contribution < -0.4 is 4.74 Å². The maximum Gasteiger partial charge on any atom is 0.305 e. The van der Waals surface area contributed by atoms with Gasteiger partial charge in [0, 0.05) is 17.4 Å². The summed E-state index contributed by atoms with van der Waals surface area (Å²) < 4.78 is 10.4. The quantitative estimate of drug-likeness (QED) is 0.655. The van der Waals surface area contributed by atoms with Gasteiger partial charge in [-0.2, -0.15) is 0 Å². The van der Waals surface area contributed by atoms with E-state index in [0.29, 0.717) is 25.2 Å². The van der Waals surface area contributed by atoms with Crippen molar-refractivity contribution in [3.8, 4) is 5.75 Å². The third-order valence-electron chi connectivity index (χ3n) is 3.36. The number of aliphatic hydroxyl groups is 1. The fourth-order valence-electron chi connectivity index (χ4n) is 2.24. The summed E-state index contributed by atoms with van der Waals surface area (Å²) in [5, 5.41) is 11.9. The molecule has 0 aliphatic heterocycles. The predicted octanol–water partition coefficient (Wildman–Crippen LogP) is 3.23. The van der Waals surface area contributed by atoms with Crippen LogP contribution in [-0.4, -0.2) is 24.8 Å². The van der Waals surface area contributed by atoms with Crippen molar-refractivity contribution in [3.63, 3.8) is 0 Å². The summed E-state index contributed by atoms with van der Waals surface area (Å²) in [6.45, 7) is 2.12. The number of ether oxygens (including phenoxy) is 2. The summed E-state index contributed by atoms with van der Waals surface area (Å²) in [4.78, 5) is 11.1. The zero-order valence-corrected chi connectivity index (χ0v) is 12.3. The maximum absolute atomic E-state index is 11.1. The number of benzene rings is 2. The Labute approximate surface area is 124 Å². The van der Waals surface area contributed by atoms with Crippen molar-refractivity contribution in [2.24, 2.45) is 0 Å². The largest absolute Gasteiger partial charge is 0.493 e. The highest BCUT2D eigenvalue weighted by Crippen LogP contribution is 2.33. The first kappa shape index (κ1) is 15.3. The van der Waals surface area contributed by atoms with Crippen molar-refractivity contribution in [2.45, 2.75) is 25.9 Å². The number of esters is 1. The molecule has 0 aliphatic carbocycles. The SMILES string of the molecule is COC(=O)CCCOc1c(C(C)O)ccc2ccccc12. The lowest BCUT2D eigenvalue weighted by molar-refractivity contribution is -0.140. The van der Waals surface area contributed by atoms with E-state index in [1.165, 1.54) is 7.11 Å². The molecule has 1 atom stereocenters. The molecule has 0 fully saturated rings. The van der Waals surface area contributed by atoms with Gasteiger partial charge in [-0.15, -0.1) is 0 Å². The Hall–Kier alpha value is -2.07. The number of methoxy groups -OCH3 is 1. The molecule has 0 aromatic heterocycles. The molecule has 1 unspecified atom stereocenters. The average molecular weight is 288 g/mol. The first-order valence-corrected chi connectivity index (χ1v) is 7.03. The van der Waals surface area contributed by atoms with Crippen molar-refractivity contribution in [1.82, 2.24) is 0 Å². The summed E-state index contributed by atoms with van der Waals surface area (Å²) in [6, 6.07) is 11.7. The van der Waals surface area contributed by atoms with Crippen LogP contribution in [0.2, 0.25) is 0 Å². The lowest BCUT2D eigenvalue weighted by Gasteiger charge is -2.16. The van der Waals surface area contributed by atoms with E-state index < -0.39 is 6.10 Å². The summed E-state index contributed by atoms with van der Waals surface area (Å²) in [6.07, 6.45) is 0.297. The van der Waals surface area contributed by atoms with E-state index in [1.807, 2.05) is 36.4 Å². The Morgan fingerprint density at radius 1 is 1.24 bits per heavy atom. The Morgan fingerprint density at radius 3 is 2.71 bits per heavy atom. The summed E-state index contributed by atoms with van der Waals surface area (Å²) >= 11 is 0. The standard InChI is InChI=1S/C17H20O4/c1-12(18)14-10-9-13-6-3-4-7-15(13)17(14)21-11-5-8-16(19)20-2/h3-4,6-7,9-10,12,18H,5,8,11H2,1-2H3. The average Bonchev–Trinajstić information content (AvgIpc) is 2.50.